The van der Waals surface area contributed by atoms with E-state index >= 15 is 0 Å². The van der Waals surface area contributed by atoms with E-state index in [1.165, 1.54) is 32.4 Å². The van der Waals surface area contributed by atoms with Gasteiger partial charge in [-0.3, -0.25) is 0 Å². The zero-order chi connectivity index (χ0) is 24.8. The number of carbonyl (C=O) groups is 2. The monoisotopic (exact) mass is 470 g/mol. The van der Waals surface area contributed by atoms with Gasteiger partial charge in [0.05, 0.1) is 25.9 Å². The predicted molar refractivity (Wildman–Crippen MR) is 119 cm³/mol. The van der Waals surface area contributed by atoms with E-state index in [4.69, 9.17) is 18.9 Å². The molecule has 34 heavy (non-hydrogen) atoms. The summed E-state index contributed by atoms with van der Waals surface area (Å²) in [6, 6.07) is 9.14. The van der Waals surface area contributed by atoms with Crippen molar-refractivity contribution in [2.24, 2.45) is 0 Å². The fraction of sp³-hybridized carbons (Fsp3) is 0.360. The Morgan fingerprint density at radius 3 is 2.47 bits per heavy atom. The molecule has 2 aliphatic rings. The Bertz CT molecular complexity index is 1200. The lowest BCUT2D eigenvalue weighted by atomic mass is 9.82. The van der Waals surface area contributed by atoms with Crippen LogP contribution in [0.5, 0.6) is 17.2 Å². The Labute approximate surface area is 196 Å². The van der Waals surface area contributed by atoms with Gasteiger partial charge in [-0.2, -0.15) is 0 Å². The van der Waals surface area contributed by atoms with Crippen LogP contribution in [0.15, 0.2) is 42.2 Å². The van der Waals surface area contributed by atoms with Crippen molar-refractivity contribution in [3.8, 4) is 17.2 Å². The van der Waals surface area contributed by atoms with Crippen LogP contribution in [0, 0.1) is 0 Å². The molecule has 0 spiro atoms. The third kappa shape index (κ3) is 3.71. The molecule has 4 rings (SSSR count). The van der Waals surface area contributed by atoms with E-state index in [9.17, 15) is 24.9 Å². The molecule has 0 aromatic heterocycles. The Hall–Kier alpha value is -3.72. The average molecular weight is 470 g/mol. The van der Waals surface area contributed by atoms with E-state index in [1.807, 2.05) is 0 Å². The molecule has 2 aliphatic heterocycles. The van der Waals surface area contributed by atoms with Crippen LogP contribution in [0.2, 0.25) is 0 Å². The second kappa shape index (κ2) is 8.25. The van der Waals surface area contributed by atoms with Crippen molar-refractivity contribution in [3.05, 3.63) is 58.8 Å². The van der Waals surface area contributed by atoms with Crippen molar-refractivity contribution in [3.63, 3.8) is 0 Å². The molecule has 0 saturated carbocycles. The smallest absolute Gasteiger partial charge is 0.375 e. The number of esters is 2. The highest BCUT2D eigenvalue weighted by atomic mass is 16.6. The van der Waals surface area contributed by atoms with E-state index in [0.717, 1.165) is 5.56 Å². The molecule has 0 amide bonds. The fourth-order valence-electron chi connectivity index (χ4n) is 4.37. The molecule has 3 N–H and O–H groups in total. The minimum atomic E-state index is -1.91. The molecule has 2 aromatic rings. The van der Waals surface area contributed by atoms with Crippen LogP contribution >= 0.6 is 0 Å². The molecule has 0 saturated heterocycles. The van der Waals surface area contributed by atoms with E-state index in [1.54, 1.807) is 32.0 Å². The number of fused-ring (bicyclic) bond motifs is 1. The lowest BCUT2D eigenvalue weighted by molar-refractivity contribution is -0.169. The third-order valence-corrected chi connectivity index (χ3v) is 6.23. The quantitative estimate of drug-likeness (QED) is 0.445. The van der Waals surface area contributed by atoms with Gasteiger partial charge in [-0.25, -0.2) is 9.59 Å². The Kier molecular flexibility index (Phi) is 5.69. The topological polar surface area (TPSA) is 132 Å². The van der Waals surface area contributed by atoms with Crippen LogP contribution < -0.4 is 4.74 Å². The lowest BCUT2D eigenvalue weighted by Gasteiger charge is -2.37. The standard InChI is InChI=1S/C25H26O9/c1-24(2)19(28)11-15-9-13(5-8-18(15)33-24)12-25(23(30)32-4)20(21(31-3)22(29)34-25)14-6-7-16(26)17(27)10-14/h5-10,19,26-28H,11-12H2,1-4H3/t19-,25-/m0/s1. The van der Waals surface area contributed by atoms with Gasteiger partial charge < -0.3 is 34.3 Å². The van der Waals surface area contributed by atoms with E-state index in [-0.39, 0.29) is 29.1 Å². The number of hydrogen-bond donors (Lipinski definition) is 3. The summed E-state index contributed by atoms with van der Waals surface area (Å²) in [5.74, 6) is -2.12. The molecule has 9 heteroatoms. The van der Waals surface area contributed by atoms with Crippen LogP contribution in [0.4, 0.5) is 0 Å². The maximum Gasteiger partial charge on any atom is 0.375 e. The minimum Gasteiger partial charge on any atom is -0.504 e. The number of aliphatic hydroxyl groups is 1. The van der Waals surface area contributed by atoms with Crippen molar-refractivity contribution in [1.29, 1.82) is 0 Å². The number of ether oxygens (including phenoxy) is 4. The number of phenols is 2. The zero-order valence-electron chi connectivity index (χ0n) is 19.2. The predicted octanol–water partition coefficient (Wildman–Crippen LogP) is 2.24. The normalized spacial score (nSPS) is 23.1. The van der Waals surface area contributed by atoms with Gasteiger partial charge in [-0.15, -0.1) is 0 Å². The van der Waals surface area contributed by atoms with Crippen molar-refractivity contribution < 1.29 is 43.9 Å². The van der Waals surface area contributed by atoms with Gasteiger partial charge in [0.15, 0.2) is 11.5 Å². The molecule has 180 valence electrons. The summed E-state index contributed by atoms with van der Waals surface area (Å²) in [5, 5.41) is 30.2. The van der Waals surface area contributed by atoms with Gasteiger partial charge in [0.1, 0.15) is 11.4 Å². The molecular formula is C25H26O9. The molecule has 0 fully saturated rings. The Morgan fingerprint density at radius 1 is 1.09 bits per heavy atom. The van der Waals surface area contributed by atoms with Crippen molar-refractivity contribution in [1.82, 2.24) is 0 Å². The maximum atomic E-state index is 13.1. The number of aromatic hydroxyl groups is 2. The van der Waals surface area contributed by atoms with Gasteiger partial charge >= 0.3 is 11.9 Å². The molecular weight excluding hydrogens is 444 g/mol. The van der Waals surface area contributed by atoms with Gasteiger partial charge in [0, 0.05) is 12.8 Å². The summed E-state index contributed by atoms with van der Waals surface area (Å²) in [7, 11) is 2.44. The summed E-state index contributed by atoms with van der Waals surface area (Å²) < 4.78 is 21.8. The van der Waals surface area contributed by atoms with Gasteiger partial charge in [0.2, 0.25) is 11.4 Å². The summed E-state index contributed by atoms with van der Waals surface area (Å²) in [4.78, 5) is 25.9. The van der Waals surface area contributed by atoms with Crippen molar-refractivity contribution in [2.75, 3.05) is 14.2 Å². The van der Waals surface area contributed by atoms with E-state index < -0.39 is 35.0 Å². The molecule has 0 unspecified atom stereocenters. The fourth-order valence-corrected chi connectivity index (χ4v) is 4.37. The maximum absolute atomic E-state index is 13.1. The second-order valence-electron chi connectivity index (χ2n) is 8.86. The second-order valence-corrected chi connectivity index (χ2v) is 8.86. The summed E-state index contributed by atoms with van der Waals surface area (Å²) in [6.45, 7) is 3.60. The number of cyclic esters (lactones) is 1. The highest BCUT2D eigenvalue weighted by Gasteiger charge is 2.56. The highest BCUT2D eigenvalue weighted by molar-refractivity contribution is 6.11. The molecule has 2 atom stereocenters. The lowest BCUT2D eigenvalue weighted by Crippen LogP contribution is -2.46. The van der Waals surface area contributed by atoms with Crippen molar-refractivity contribution >= 4 is 17.5 Å². The highest BCUT2D eigenvalue weighted by Crippen LogP contribution is 2.45. The first kappa shape index (κ1) is 23.4. The largest absolute Gasteiger partial charge is 0.504 e. The minimum absolute atomic E-state index is 0.0669. The third-order valence-electron chi connectivity index (χ3n) is 6.23. The van der Waals surface area contributed by atoms with Crippen LogP contribution in [-0.2, 0) is 36.6 Å². The van der Waals surface area contributed by atoms with Crippen molar-refractivity contribution in [2.45, 2.75) is 44.0 Å². The van der Waals surface area contributed by atoms with Gasteiger partial charge in [-0.1, -0.05) is 18.2 Å². The summed E-state index contributed by atoms with van der Waals surface area (Å²) >= 11 is 0. The molecule has 2 heterocycles. The number of methoxy groups -OCH3 is 2. The summed E-state index contributed by atoms with van der Waals surface area (Å²) in [6.07, 6.45) is -0.495. The molecule has 9 nitrogen and oxygen atoms in total. The molecule has 0 bridgehead atoms. The Morgan fingerprint density at radius 2 is 1.82 bits per heavy atom. The van der Waals surface area contributed by atoms with Crippen LogP contribution in [-0.4, -0.2) is 58.8 Å². The number of phenolic OH excluding ortho intramolecular Hbond substituents is 2. The first-order valence-corrected chi connectivity index (χ1v) is 10.6. The number of benzene rings is 2. The van der Waals surface area contributed by atoms with Crippen LogP contribution in [0.25, 0.3) is 5.57 Å². The number of hydrogen-bond acceptors (Lipinski definition) is 9. The molecule has 0 aliphatic carbocycles. The first-order chi connectivity index (χ1) is 16.0. The number of carbonyl (C=O) groups excluding carboxylic acids is 2. The van der Waals surface area contributed by atoms with E-state index in [2.05, 4.69) is 0 Å². The molecule has 2 aromatic carbocycles. The van der Waals surface area contributed by atoms with Gasteiger partial charge in [0.25, 0.3) is 0 Å². The number of rotatable bonds is 5. The first-order valence-electron chi connectivity index (χ1n) is 10.6. The Balaban J connectivity index is 1.83. The molecule has 0 radical (unpaired) electrons. The van der Waals surface area contributed by atoms with Crippen LogP contribution in [0.1, 0.15) is 30.5 Å². The number of aliphatic hydroxyl groups excluding tert-OH is 1. The SMILES string of the molecule is COC(=O)[C@@]1(Cc2ccc3c(c2)C[C@H](O)C(C)(C)O3)OC(=O)C(OC)=C1c1ccc(O)c(O)c1. The van der Waals surface area contributed by atoms with Crippen LogP contribution in [0.3, 0.4) is 0 Å². The van der Waals surface area contributed by atoms with Gasteiger partial charge in [-0.05, 0) is 48.7 Å². The zero-order valence-corrected chi connectivity index (χ0v) is 19.2. The van der Waals surface area contributed by atoms with E-state index in [0.29, 0.717) is 17.7 Å². The average Bonchev–Trinajstić information content (AvgIpc) is 3.07. The summed E-state index contributed by atoms with van der Waals surface area (Å²) in [5.41, 5.74) is -0.993.